The Labute approximate surface area is 249 Å². The van der Waals surface area contributed by atoms with Gasteiger partial charge in [-0.3, -0.25) is 4.79 Å². The van der Waals surface area contributed by atoms with Crippen LogP contribution in [0.4, 0.5) is 0 Å². The lowest BCUT2D eigenvalue weighted by Gasteiger charge is -2.36. The second-order valence-corrected chi connectivity index (χ2v) is 17.2. The van der Waals surface area contributed by atoms with E-state index in [2.05, 4.69) is 40.4 Å². The van der Waals surface area contributed by atoms with Gasteiger partial charge in [-0.15, -0.1) is 0 Å². The number of rotatable bonds is 10. The molecule has 2 heterocycles. The number of carbonyl (C=O) groups is 1. The molecule has 5 rings (SSSR count). The van der Waals surface area contributed by atoms with Crippen LogP contribution < -0.4 is 9.47 Å². The number of unbranched alkanes of at least 4 members (excludes halogenated alkanes) is 1. The van der Waals surface area contributed by atoms with Crippen LogP contribution in [0.3, 0.4) is 0 Å². The standard InChI is InChI=1S/C36H40O5Si/c1-24-22-25(2)40-34-29(24)18-19-30-32(34)31(26-14-9-8-10-15-26)35(41-30)33(37)27-16-13-17-28(23-27)38-20-11-12-21-39-42(6,7)36(3,4)5/h8-10,13-19,22-23H,2,11-12,20-21H2,1,3-7H3. The molecule has 0 N–H and O–H groups in total. The highest BCUT2D eigenvalue weighted by atomic mass is 28.4. The lowest BCUT2D eigenvalue weighted by atomic mass is 9.94. The highest BCUT2D eigenvalue weighted by molar-refractivity contribution is 6.74. The monoisotopic (exact) mass is 580 g/mol. The van der Waals surface area contributed by atoms with E-state index in [1.54, 1.807) is 12.1 Å². The number of carbonyl (C=O) groups excluding carboxylic acids is 1. The van der Waals surface area contributed by atoms with Crippen molar-refractivity contribution in [2.24, 2.45) is 0 Å². The molecule has 0 bridgehead atoms. The second kappa shape index (κ2) is 11.8. The van der Waals surface area contributed by atoms with Crippen molar-refractivity contribution >= 4 is 30.6 Å². The van der Waals surface area contributed by atoms with Gasteiger partial charge in [0.05, 0.1) is 12.0 Å². The van der Waals surface area contributed by atoms with Gasteiger partial charge in [0.1, 0.15) is 22.8 Å². The second-order valence-electron chi connectivity index (χ2n) is 12.4. The van der Waals surface area contributed by atoms with Gasteiger partial charge >= 0.3 is 0 Å². The minimum Gasteiger partial charge on any atom is -0.494 e. The van der Waals surface area contributed by atoms with Crippen LogP contribution in [-0.4, -0.2) is 27.3 Å². The Morgan fingerprint density at radius 3 is 2.43 bits per heavy atom. The van der Waals surface area contributed by atoms with Crippen molar-refractivity contribution in [3.8, 4) is 22.6 Å². The van der Waals surface area contributed by atoms with Gasteiger partial charge in [-0.25, -0.2) is 0 Å². The molecular formula is C36H40O5Si. The summed E-state index contributed by atoms with van der Waals surface area (Å²) in [6.45, 7) is 18.6. The Balaban J connectivity index is 1.38. The largest absolute Gasteiger partial charge is 0.494 e. The summed E-state index contributed by atoms with van der Waals surface area (Å²) in [4.78, 5) is 14.0. The molecule has 1 aromatic heterocycles. The highest BCUT2D eigenvalue weighted by Crippen LogP contribution is 2.46. The van der Waals surface area contributed by atoms with Crippen LogP contribution in [0.5, 0.6) is 11.5 Å². The van der Waals surface area contributed by atoms with Crippen LogP contribution >= 0.6 is 0 Å². The first-order valence-electron chi connectivity index (χ1n) is 14.6. The smallest absolute Gasteiger partial charge is 0.229 e. The molecule has 1 aliphatic rings. The van der Waals surface area contributed by atoms with Gasteiger partial charge in [0.2, 0.25) is 5.78 Å². The molecule has 0 amide bonds. The third-order valence-electron chi connectivity index (χ3n) is 8.29. The summed E-state index contributed by atoms with van der Waals surface area (Å²) in [5.41, 5.74) is 4.68. The van der Waals surface area contributed by atoms with E-state index in [4.69, 9.17) is 18.3 Å². The molecule has 0 radical (unpaired) electrons. The van der Waals surface area contributed by atoms with Gasteiger partial charge < -0.3 is 18.3 Å². The average molecular weight is 581 g/mol. The fourth-order valence-electron chi connectivity index (χ4n) is 4.89. The summed E-state index contributed by atoms with van der Waals surface area (Å²) >= 11 is 0. The topological polar surface area (TPSA) is 57.9 Å². The number of hydrogen-bond acceptors (Lipinski definition) is 5. The first-order valence-corrected chi connectivity index (χ1v) is 17.5. The SMILES string of the molecule is C=C1C=C(C)c2ccc3oc(C(=O)c4cccc(OCCCCO[Si](C)(C)C(C)(C)C)c4)c(-c4ccccc4)c3c2O1. The molecule has 0 atom stereocenters. The van der Waals surface area contributed by atoms with Crippen LogP contribution in [0.1, 0.15) is 62.2 Å². The van der Waals surface area contributed by atoms with E-state index in [1.807, 2.05) is 67.6 Å². The summed E-state index contributed by atoms with van der Waals surface area (Å²) < 4.78 is 24.7. The molecule has 3 aromatic carbocycles. The third kappa shape index (κ3) is 6.01. The normalized spacial score (nSPS) is 13.5. The fraction of sp³-hybridized carbons (Fsp3) is 0.306. The van der Waals surface area contributed by atoms with Gasteiger partial charge in [0, 0.05) is 23.3 Å². The molecule has 42 heavy (non-hydrogen) atoms. The average Bonchev–Trinajstić information content (AvgIpc) is 3.34. The Bertz CT molecular complexity index is 1650. The van der Waals surface area contributed by atoms with Crippen LogP contribution in [0.2, 0.25) is 18.1 Å². The molecule has 0 fully saturated rings. The lowest BCUT2D eigenvalue weighted by Crippen LogP contribution is -2.41. The number of furan rings is 1. The summed E-state index contributed by atoms with van der Waals surface area (Å²) in [5.74, 6) is 1.92. The Morgan fingerprint density at radius 2 is 1.69 bits per heavy atom. The predicted molar refractivity (Wildman–Crippen MR) is 173 cm³/mol. The molecule has 0 saturated heterocycles. The molecule has 0 saturated carbocycles. The Kier molecular flexibility index (Phi) is 8.31. The number of ether oxygens (including phenoxy) is 2. The first kappa shape index (κ1) is 29.6. The summed E-state index contributed by atoms with van der Waals surface area (Å²) in [6, 6.07) is 21.0. The van der Waals surface area contributed by atoms with Crippen molar-refractivity contribution in [1.82, 2.24) is 0 Å². The summed E-state index contributed by atoms with van der Waals surface area (Å²) in [5, 5.41) is 0.969. The zero-order chi connectivity index (χ0) is 30.1. The molecule has 6 heteroatoms. The van der Waals surface area contributed by atoms with E-state index < -0.39 is 8.32 Å². The van der Waals surface area contributed by atoms with Crippen molar-refractivity contribution in [2.75, 3.05) is 13.2 Å². The van der Waals surface area contributed by atoms with Crippen molar-refractivity contribution in [1.29, 1.82) is 0 Å². The highest BCUT2D eigenvalue weighted by Gasteiger charge is 2.36. The zero-order valence-corrected chi connectivity index (χ0v) is 26.5. The number of allylic oxidation sites excluding steroid dienone is 2. The molecule has 5 nitrogen and oxygen atoms in total. The minimum atomic E-state index is -1.74. The van der Waals surface area contributed by atoms with E-state index in [1.165, 1.54) is 0 Å². The van der Waals surface area contributed by atoms with Crippen molar-refractivity contribution < 1.29 is 23.1 Å². The maximum absolute atomic E-state index is 14.0. The van der Waals surface area contributed by atoms with Gasteiger partial charge in [-0.2, -0.15) is 0 Å². The zero-order valence-electron chi connectivity index (χ0n) is 25.5. The predicted octanol–water partition coefficient (Wildman–Crippen LogP) is 9.82. The Morgan fingerprint density at radius 1 is 0.952 bits per heavy atom. The fourth-order valence-corrected chi connectivity index (χ4v) is 5.98. The van der Waals surface area contributed by atoms with Gasteiger partial charge in [0.15, 0.2) is 14.1 Å². The van der Waals surface area contributed by atoms with E-state index in [0.717, 1.165) is 41.5 Å². The van der Waals surface area contributed by atoms with Gasteiger partial charge in [-0.1, -0.05) is 69.8 Å². The van der Waals surface area contributed by atoms with E-state index in [-0.39, 0.29) is 16.6 Å². The molecule has 0 aliphatic carbocycles. The molecule has 0 unspecified atom stereocenters. The quantitative estimate of drug-likeness (QED) is 0.106. The minimum absolute atomic E-state index is 0.202. The van der Waals surface area contributed by atoms with Gasteiger partial charge in [0.25, 0.3) is 0 Å². The number of fused-ring (bicyclic) bond motifs is 3. The van der Waals surface area contributed by atoms with Crippen LogP contribution in [0, 0.1) is 0 Å². The summed E-state index contributed by atoms with van der Waals surface area (Å²) in [6.07, 6.45) is 3.71. The maximum atomic E-state index is 14.0. The molecule has 1 aliphatic heterocycles. The van der Waals surface area contributed by atoms with Crippen molar-refractivity contribution in [3.05, 3.63) is 102 Å². The Hall–Kier alpha value is -3.87. The molecule has 218 valence electrons. The molecule has 4 aromatic rings. The maximum Gasteiger partial charge on any atom is 0.229 e. The first-order chi connectivity index (χ1) is 20.0. The van der Waals surface area contributed by atoms with E-state index in [9.17, 15) is 4.79 Å². The van der Waals surface area contributed by atoms with Crippen LogP contribution in [0.15, 0.2) is 89.6 Å². The van der Waals surface area contributed by atoms with E-state index in [0.29, 0.717) is 40.6 Å². The van der Waals surface area contributed by atoms with Gasteiger partial charge in [-0.05, 0) is 79.4 Å². The van der Waals surface area contributed by atoms with E-state index >= 15 is 0 Å². The number of ketones is 1. The molecular weight excluding hydrogens is 540 g/mol. The van der Waals surface area contributed by atoms with Crippen LogP contribution in [0.25, 0.3) is 27.7 Å². The number of hydrogen-bond donors (Lipinski definition) is 0. The number of benzene rings is 3. The molecule has 0 spiro atoms. The lowest BCUT2D eigenvalue weighted by molar-refractivity contribution is 0.101. The third-order valence-corrected chi connectivity index (χ3v) is 12.8. The summed E-state index contributed by atoms with van der Waals surface area (Å²) in [7, 11) is -1.74. The van der Waals surface area contributed by atoms with Crippen LogP contribution in [-0.2, 0) is 4.43 Å². The van der Waals surface area contributed by atoms with Crippen molar-refractivity contribution in [3.63, 3.8) is 0 Å². The van der Waals surface area contributed by atoms with Crippen molar-refractivity contribution in [2.45, 2.75) is 58.7 Å².